The van der Waals surface area contributed by atoms with Crippen LogP contribution in [0.5, 0.6) is 5.75 Å². The average Bonchev–Trinajstić information content (AvgIpc) is 2.67. The minimum Gasteiger partial charge on any atom is -0.493 e. The Hall–Kier alpha value is -3.94. The van der Waals surface area contributed by atoms with Crippen LogP contribution in [0.1, 0.15) is 28.4 Å². The molecule has 0 spiro atoms. The van der Waals surface area contributed by atoms with E-state index in [0.717, 1.165) is 4.90 Å². The van der Waals surface area contributed by atoms with Crippen molar-refractivity contribution in [3.8, 4) is 5.75 Å². The van der Waals surface area contributed by atoms with Gasteiger partial charge in [0.1, 0.15) is 11.3 Å². The standard InChI is InChI=1S/C21H18N2O6/c1-3-29-17-9-8-13(20(26)27)10-14(17)11-15-18(24)22-21(28)23(19(15)25)16-7-5-4-6-12(16)2/h4-11H,3H2,1-2H3,(H,26,27)(H,22,24,28)/b15-11+. The predicted octanol–water partition coefficient (Wildman–Crippen LogP) is 2.76. The van der Waals surface area contributed by atoms with Gasteiger partial charge in [0.15, 0.2) is 0 Å². The Labute approximate surface area is 166 Å². The summed E-state index contributed by atoms with van der Waals surface area (Å²) in [5.41, 5.74) is 0.918. The molecule has 0 bridgehead atoms. The Balaban J connectivity index is 2.11. The molecule has 148 valence electrons. The molecule has 0 radical (unpaired) electrons. The number of imide groups is 2. The molecule has 4 amide bonds. The van der Waals surface area contributed by atoms with Crippen LogP contribution in [0.3, 0.4) is 0 Å². The van der Waals surface area contributed by atoms with Crippen molar-refractivity contribution in [3.63, 3.8) is 0 Å². The fourth-order valence-corrected chi connectivity index (χ4v) is 2.93. The number of aryl methyl sites for hydroxylation is 1. The highest BCUT2D eigenvalue weighted by Crippen LogP contribution is 2.28. The van der Waals surface area contributed by atoms with Gasteiger partial charge in [0.25, 0.3) is 11.8 Å². The predicted molar refractivity (Wildman–Crippen MR) is 105 cm³/mol. The van der Waals surface area contributed by atoms with Crippen molar-refractivity contribution < 1.29 is 29.0 Å². The molecule has 8 nitrogen and oxygen atoms in total. The maximum Gasteiger partial charge on any atom is 0.335 e. The number of aromatic carboxylic acids is 1. The second-order valence-electron chi connectivity index (χ2n) is 6.24. The maximum atomic E-state index is 13.0. The molecule has 8 heteroatoms. The molecule has 1 aliphatic rings. The van der Waals surface area contributed by atoms with Crippen LogP contribution in [0.2, 0.25) is 0 Å². The largest absolute Gasteiger partial charge is 0.493 e. The van der Waals surface area contributed by atoms with Crippen LogP contribution in [-0.2, 0) is 9.59 Å². The van der Waals surface area contributed by atoms with Crippen molar-refractivity contribution in [2.24, 2.45) is 0 Å². The number of para-hydroxylation sites is 1. The zero-order chi connectivity index (χ0) is 21.1. The Morgan fingerprint density at radius 3 is 2.55 bits per heavy atom. The molecule has 0 unspecified atom stereocenters. The first-order chi connectivity index (χ1) is 13.8. The number of carboxylic acids is 1. The second kappa shape index (κ2) is 7.97. The minimum atomic E-state index is -1.16. The van der Waals surface area contributed by atoms with Crippen LogP contribution in [0, 0.1) is 6.92 Å². The molecule has 0 atom stereocenters. The van der Waals surface area contributed by atoms with Gasteiger partial charge in [-0.05, 0) is 49.8 Å². The van der Waals surface area contributed by atoms with E-state index in [1.807, 2.05) is 0 Å². The zero-order valence-corrected chi connectivity index (χ0v) is 15.8. The summed E-state index contributed by atoms with van der Waals surface area (Å²) in [6.07, 6.45) is 1.23. The number of hydrogen-bond acceptors (Lipinski definition) is 5. The van der Waals surface area contributed by atoms with E-state index in [-0.39, 0.29) is 16.7 Å². The van der Waals surface area contributed by atoms with Crippen molar-refractivity contribution in [2.45, 2.75) is 13.8 Å². The number of anilines is 1. The van der Waals surface area contributed by atoms with Gasteiger partial charge in [-0.2, -0.15) is 0 Å². The van der Waals surface area contributed by atoms with E-state index >= 15 is 0 Å². The highest BCUT2D eigenvalue weighted by Gasteiger charge is 2.37. The first-order valence-corrected chi connectivity index (χ1v) is 8.80. The number of urea groups is 1. The number of ether oxygens (including phenoxy) is 1. The van der Waals surface area contributed by atoms with E-state index in [2.05, 4.69) is 5.32 Å². The number of nitrogens with zero attached hydrogens (tertiary/aromatic N) is 1. The van der Waals surface area contributed by atoms with Gasteiger partial charge in [-0.1, -0.05) is 18.2 Å². The number of rotatable bonds is 5. The molecule has 1 aliphatic heterocycles. The van der Waals surface area contributed by atoms with Crippen molar-refractivity contribution in [1.29, 1.82) is 0 Å². The fraction of sp³-hybridized carbons (Fsp3) is 0.143. The van der Waals surface area contributed by atoms with Crippen LogP contribution in [-0.4, -0.2) is 35.5 Å². The van der Waals surface area contributed by atoms with Crippen molar-refractivity contribution >= 4 is 35.6 Å². The number of amides is 4. The van der Waals surface area contributed by atoms with Gasteiger partial charge in [0, 0.05) is 5.56 Å². The summed E-state index contributed by atoms with van der Waals surface area (Å²) in [6, 6.07) is 10.0. The molecular formula is C21H18N2O6. The summed E-state index contributed by atoms with van der Waals surface area (Å²) in [5.74, 6) is -2.53. The molecule has 1 saturated heterocycles. The van der Waals surface area contributed by atoms with Gasteiger partial charge in [0.05, 0.1) is 17.9 Å². The Bertz CT molecular complexity index is 1060. The van der Waals surface area contributed by atoms with Crippen LogP contribution < -0.4 is 15.0 Å². The van der Waals surface area contributed by atoms with Gasteiger partial charge in [-0.15, -0.1) is 0 Å². The number of carbonyl (C=O) groups is 4. The lowest BCUT2D eigenvalue weighted by atomic mass is 10.0. The highest BCUT2D eigenvalue weighted by molar-refractivity contribution is 6.39. The van der Waals surface area contributed by atoms with Crippen molar-refractivity contribution in [3.05, 3.63) is 64.7 Å². The molecule has 2 aromatic rings. The molecule has 1 heterocycles. The van der Waals surface area contributed by atoms with Crippen molar-refractivity contribution in [2.75, 3.05) is 11.5 Å². The van der Waals surface area contributed by atoms with Crippen LogP contribution in [0.15, 0.2) is 48.0 Å². The summed E-state index contributed by atoms with van der Waals surface area (Å²) in [7, 11) is 0. The molecule has 2 N–H and O–H groups in total. The number of hydrogen-bond donors (Lipinski definition) is 2. The molecule has 1 fully saturated rings. The highest BCUT2D eigenvalue weighted by atomic mass is 16.5. The Morgan fingerprint density at radius 1 is 1.17 bits per heavy atom. The molecule has 3 rings (SSSR count). The Morgan fingerprint density at radius 2 is 1.90 bits per heavy atom. The summed E-state index contributed by atoms with van der Waals surface area (Å²) in [5, 5.41) is 11.4. The number of barbiturate groups is 1. The van der Waals surface area contributed by atoms with Gasteiger partial charge < -0.3 is 9.84 Å². The third-order valence-electron chi connectivity index (χ3n) is 4.31. The lowest BCUT2D eigenvalue weighted by Crippen LogP contribution is -2.54. The third kappa shape index (κ3) is 3.86. The van der Waals surface area contributed by atoms with E-state index in [1.54, 1.807) is 38.1 Å². The van der Waals surface area contributed by atoms with E-state index in [0.29, 0.717) is 23.6 Å². The average molecular weight is 394 g/mol. The van der Waals surface area contributed by atoms with E-state index in [4.69, 9.17) is 4.74 Å². The molecule has 0 saturated carbocycles. The second-order valence-corrected chi connectivity index (χ2v) is 6.24. The zero-order valence-electron chi connectivity index (χ0n) is 15.8. The smallest absolute Gasteiger partial charge is 0.335 e. The summed E-state index contributed by atoms with van der Waals surface area (Å²) >= 11 is 0. The monoisotopic (exact) mass is 394 g/mol. The topological polar surface area (TPSA) is 113 Å². The summed E-state index contributed by atoms with van der Waals surface area (Å²) in [4.78, 5) is 49.9. The Kier molecular flexibility index (Phi) is 5.45. The fourth-order valence-electron chi connectivity index (χ4n) is 2.93. The lowest BCUT2D eigenvalue weighted by Gasteiger charge is -2.27. The number of carbonyl (C=O) groups excluding carboxylic acids is 3. The van der Waals surface area contributed by atoms with Gasteiger partial charge in [-0.25, -0.2) is 14.5 Å². The minimum absolute atomic E-state index is 0.0317. The molecule has 0 aliphatic carbocycles. The van der Waals surface area contributed by atoms with Crippen LogP contribution in [0.25, 0.3) is 6.08 Å². The normalized spacial score (nSPS) is 15.4. The van der Waals surface area contributed by atoms with Gasteiger partial charge in [-0.3, -0.25) is 14.9 Å². The first-order valence-electron chi connectivity index (χ1n) is 8.80. The summed E-state index contributed by atoms with van der Waals surface area (Å²) < 4.78 is 5.47. The van der Waals surface area contributed by atoms with E-state index < -0.39 is 23.8 Å². The SMILES string of the molecule is CCOc1ccc(C(=O)O)cc1/C=C1\C(=O)NC(=O)N(c2ccccc2C)C1=O. The third-order valence-corrected chi connectivity index (χ3v) is 4.31. The maximum absolute atomic E-state index is 13.0. The van der Waals surface area contributed by atoms with Crippen LogP contribution in [0.4, 0.5) is 10.5 Å². The van der Waals surface area contributed by atoms with Crippen molar-refractivity contribution in [1.82, 2.24) is 5.32 Å². The molecular weight excluding hydrogens is 376 g/mol. The number of carboxylic acid groups (broad SMARTS) is 1. The quantitative estimate of drug-likeness (QED) is 0.596. The number of benzene rings is 2. The van der Waals surface area contributed by atoms with E-state index in [9.17, 15) is 24.3 Å². The lowest BCUT2D eigenvalue weighted by molar-refractivity contribution is -0.122. The molecule has 2 aromatic carbocycles. The van der Waals surface area contributed by atoms with Gasteiger partial charge >= 0.3 is 12.0 Å². The van der Waals surface area contributed by atoms with E-state index in [1.165, 1.54) is 24.3 Å². The first kappa shape index (κ1) is 19.8. The van der Waals surface area contributed by atoms with Gasteiger partial charge in [0.2, 0.25) is 0 Å². The molecule has 29 heavy (non-hydrogen) atoms. The number of nitrogens with one attached hydrogen (secondary N) is 1. The molecule has 0 aromatic heterocycles. The van der Waals surface area contributed by atoms with Crippen LogP contribution >= 0.6 is 0 Å². The summed E-state index contributed by atoms with van der Waals surface area (Å²) in [6.45, 7) is 3.79.